The molecule has 0 saturated carbocycles. The summed E-state index contributed by atoms with van der Waals surface area (Å²) in [6.45, 7) is 2.87. The zero-order chi connectivity index (χ0) is 14.9. The molecule has 0 aromatic carbocycles. The quantitative estimate of drug-likeness (QED) is 0.377. The molecule has 0 fully saturated rings. The largest absolute Gasteiger partial charge is 0.465 e. The second-order valence-corrected chi connectivity index (χ2v) is 5.83. The molecule has 0 heterocycles. The zero-order valence-corrected chi connectivity index (χ0v) is 13.5. The van der Waals surface area contributed by atoms with Crippen LogP contribution in [-0.2, 0) is 0 Å². The molecule has 2 N–H and O–H groups in total. The Morgan fingerprint density at radius 2 is 1.05 bits per heavy atom. The molecule has 1 amide bonds. The van der Waals surface area contributed by atoms with E-state index in [9.17, 15) is 4.79 Å². The predicted octanol–water partition coefficient (Wildman–Crippen LogP) is 5.74. The third-order valence-corrected chi connectivity index (χ3v) is 3.81. The summed E-state index contributed by atoms with van der Waals surface area (Å²) >= 11 is 0. The van der Waals surface area contributed by atoms with Gasteiger partial charge in [0.25, 0.3) is 0 Å². The van der Waals surface area contributed by atoms with Gasteiger partial charge in [0.05, 0.1) is 0 Å². The summed E-state index contributed by atoms with van der Waals surface area (Å²) in [5.41, 5.74) is 0. The van der Waals surface area contributed by atoms with E-state index in [-0.39, 0.29) is 0 Å². The molecule has 0 bridgehead atoms. The van der Waals surface area contributed by atoms with Gasteiger partial charge in [-0.2, -0.15) is 0 Å². The fraction of sp³-hybridized carbons (Fsp3) is 0.941. The first-order valence-corrected chi connectivity index (χ1v) is 8.74. The second kappa shape index (κ2) is 16.3. The van der Waals surface area contributed by atoms with Crippen molar-refractivity contribution >= 4 is 6.09 Å². The first-order chi connectivity index (χ1) is 9.77. The Bertz CT molecular complexity index is 207. The van der Waals surface area contributed by atoms with Crippen LogP contribution in [0.15, 0.2) is 0 Å². The average molecular weight is 285 g/mol. The predicted molar refractivity (Wildman–Crippen MR) is 86.3 cm³/mol. The number of carbonyl (C=O) groups is 1. The molecule has 0 rings (SSSR count). The lowest BCUT2D eigenvalue weighted by atomic mass is 10.0. The summed E-state index contributed by atoms with van der Waals surface area (Å²) in [6.07, 6.45) is 17.8. The average Bonchev–Trinajstić information content (AvgIpc) is 2.43. The molecular weight excluding hydrogens is 250 g/mol. The van der Waals surface area contributed by atoms with Crippen LogP contribution in [0.25, 0.3) is 0 Å². The van der Waals surface area contributed by atoms with Crippen LogP contribution in [0, 0.1) is 0 Å². The Balaban J connectivity index is 2.94. The number of hydrogen-bond acceptors (Lipinski definition) is 1. The van der Waals surface area contributed by atoms with E-state index in [4.69, 9.17) is 5.11 Å². The highest BCUT2D eigenvalue weighted by molar-refractivity contribution is 5.64. The number of unbranched alkanes of at least 4 members (excludes halogenated alkanes) is 13. The van der Waals surface area contributed by atoms with Crippen LogP contribution in [0.3, 0.4) is 0 Å². The van der Waals surface area contributed by atoms with E-state index in [1.807, 2.05) is 0 Å². The first kappa shape index (κ1) is 19.3. The lowest BCUT2D eigenvalue weighted by Gasteiger charge is -2.03. The smallest absolute Gasteiger partial charge is 0.404 e. The van der Waals surface area contributed by atoms with E-state index < -0.39 is 6.09 Å². The first-order valence-electron chi connectivity index (χ1n) is 8.74. The minimum atomic E-state index is -0.903. The summed E-state index contributed by atoms with van der Waals surface area (Å²) in [7, 11) is 0. The van der Waals surface area contributed by atoms with Gasteiger partial charge in [0.15, 0.2) is 0 Å². The lowest BCUT2D eigenvalue weighted by molar-refractivity contribution is 0.194. The van der Waals surface area contributed by atoms with E-state index in [2.05, 4.69) is 12.2 Å². The zero-order valence-electron chi connectivity index (χ0n) is 13.5. The van der Waals surface area contributed by atoms with Crippen molar-refractivity contribution < 1.29 is 9.90 Å². The third-order valence-electron chi connectivity index (χ3n) is 3.81. The maximum absolute atomic E-state index is 10.2. The van der Waals surface area contributed by atoms with E-state index in [0.29, 0.717) is 6.54 Å². The fourth-order valence-corrected chi connectivity index (χ4v) is 2.51. The fourth-order valence-electron chi connectivity index (χ4n) is 2.51. The van der Waals surface area contributed by atoms with Crippen molar-refractivity contribution in [2.45, 2.75) is 96.8 Å². The number of nitrogens with one attached hydrogen (secondary N) is 1. The highest BCUT2D eigenvalue weighted by Crippen LogP contribution is 2.12. The Labute approximate surface area is 125 Å². The van der Waals surface area contributed by atoms with Crippen molar-refractivity contribution in [3.63, 3.8) is 0 Å². The molecular formula is C17H35NO2. The van der Waals surface area contributed by atoms with Crippen LogP contribution in [0.2, 0.25) is 0 Å². The summed E-state index contributed by atoms with van der Waals surface area (Å²) in [4.78, 5) is 10.2. The van der Waals surface area contributed by atoms with E-state index in [1.165, 1.54) is 77.0 Å². The molecule has 0 aromatic heterocycles. The highest BCUT2D eigenvalue weighted by atomic mass is 16.4. The van der Waals surface area contributed by atoms with Gasteiger partial charge in [0.1, 0.15) is 0 Å². The maximum Gasteiger partial charge on any atom is 0.404 e. The summed E-state index contributed by atoms with van der Waals surface area (Å²) < 4.78 is 0. The van der Waals surface area contributed by atoms with Crippen LogP contribution in [-0.4, -0.2) is 17.7 Å². The highest BCUT2D eigenvalue weighted by Gasteiger charge is 1.95. The molecule has 0 aliphatic heterocycles. The second-order valence-electron chi connectivity index (χ2n) is 5.83. The number of carboxylic acid groups (broad SMARTS) is 1. The minimum absolute atomic E-state index is 0.605. The molecule has 0 aromatic rings. The topological polar surface area (TPSA) is 49.3 Å². The minimum Gasteiger partial charge on any atom is -0.465 e. The van der Waals surface area contributed by atoms with Crippen LogP contribution in [0.4, 0.5) is 4.79 Å². The van der Waals surface area contributed by atoms with Crippen LogP contribution in [0.1, 0.15) is 96.8 Å². The Kier molecular flexibility index (Phi) is 15.7. The van der Waals surface area contributed by atoms with Gasteiger partial charge < -0.3 is 10.4 Å². The van der Waals surface area contributed by atoms with Crippen molar-refractivity contribution in [3.8, 4) is 0 Å². The SMILES string of the molecule is CCCCCCCCCCCCCCCCNC(=O)O. The van der Waals surface area contributed by atoms with Crippen LogP contribution in [0.5, 0.6) is 0 Å². The number of hydrogen-bond donors (Lipinski definition) is 2. The molecule has 20 heavy (non-hydrogen) atoms. The van der Waals surface area contributed by atoms with E-state index in [1.54, 1.807) is 0 Å². The van der Waals surface area contributed by atoms with Gasteiger partial charge in [0, 0.05) is 6.54 Å². The van der Waals surface area contributed by atoms with E-state index in [0.717, 1.165) is 12.8 Å². The van der Waals surface area contributed by atoms with Crippen molar-refractivity contribution in [1.82, 2.24) is 5.32 Å². The molecule has 0 aliphatic rings. The van der Waals surface area contributed by atoms with Crippen LogP contribution >= 0.6 is 0 Å². The third kappa shape index (κ3) is 17.3. The molecule has 3 heteroatoms. The monoisotopic (exact) mass is 285 g/mol. The molecule has 0 atom stereocenters. The number of rotatable bonds is 15. The van der Waals surface area contributed by atoms with Crippen molar-refractivity contribution in [2.24, 2.45) is 0 Å². The molecule has 0 radical (unpaired) electrons. The standard InChI is InChI=1S/C17H35NO2/c1-2-3-4-5-6-7-8-9-10-11-12-13-14-15-16-18-17(19)20/h18H,2-16H2,1H3,(H,19,20). The molecule has 0 spiro atoms. The van der Waals surface area contributed by atoms with Gasteiger partial charge in [-0.1, -0.05) is 90.4 Å². The van der Waals surface area contributed by atoms with Gasteiger partial charge >= 0.3 is 6.09 Å². The molecule has 0 aliphatic carbocycles. The van der Waals surface area contributed by atoms with Gasteiger partial charge in [-0.3, -0.25) is 0 Å². The molecule has 3 nitrogen and oxygen atoms in total. The van der Waals surface area contributed by atoms with Gasteiger partial charge in [-0.05, 0) is 6.42 Å². The van der Waals surface area contributed by atoms with Gasteiger partial charge in [-0.25, -0.2) is 4.79 Å². The van der Waals surface area contributed by atoms with Crippen molar-refractivity contribution in [1.29, 1.82) is 0 Å². The van der Waals surface area contributed by atoms with Gasteiger partial charge in [0.2, 0.25) is 0 Å². The van der Waals surface area contributed by atoms with Crippen molar-refractivity contribution in [3.05, 3.63) is 0 Å². The maximum atomic E-state index is 10.2. The lowest BCUT2D eigenvalue weighted by Crippen LogP contribution is -2.21. The molecule has 120 valence electrons. The Morgan fingerprint density at radius 3 is 1.40 bits per heavy atom. The summed E-state index contributed by atoms with van der Waals surface area (Å²) in [5.74, 6) is 0. The normalized spacial score (nSPS) is 10.7. The Morgan fingerprint density at radius 1 is 0.700 bits per heavy atom. The van der Waals surface area contributed by atoms with Crippen molar-refractivity contribution in [2.75, 3.05) is 6.54 Å². The number of amides is 1. The summed E-state index contributed by atoms with van der Waals surface area (Å²) in [5, 5.41) is 10.8. The van der Waals surface area contributed by atoms with Crippen LogP contribution < -0.4 is 5.32 Å². The summed E-state index contributed by atoms with van der Waals surface area (Å²) in [6, 6.07) is 0. The molecule has 0 unspecified atom stereocenters. The Hall–Kier alpha value is -0.730. The van der Waals surface area contributed by atoms with Gasteiger partial charge in [-0.15, -0.1) is 0 Å². The molecule has 0 saturated heterocycles. The van der Waals surface area contributed by atoms with E-state index >= 15 is 0 Å².